The lowest BCUT2D eigenvalue weighted by Crippen LogP contribution is -2.43. The molecule has 0 bridgehead atoms. The molecule has 0 saturated carbocycles. The van der Waals surface area contributed by atoms with Gasteiger partial charge in [0, 0.05) is 31.3 Å². The fourth-order valence-electron chi connectivity index (χ4n) is 3.89. The minimum atomic E-state index is -0.558. The van der Waals surface area contributed by atoms with E-state index < -0.39 is 6.10 Å². The molecule has 2 atom stereocenters. The van der Waals surface area contributed by atoms with Crippen molar-refractivity contribution in [1.82, 2.24) is 20.2 Å². The van der Waals surface area contributed by atoms with Crippen LogP contribution in [0.4, 0.5) is 0 Å². The van der Waals surface area contributed by atoms with Crippen LogP contribution in [-0.4, -0.2) is 46.6 Å². The number of hydrogen-bond donors (Lipinski definition) is 1. The highest BCUT2D eigenvalue weighted by molar-refractivity contribution is 5.81. The number of nitrogens with zero attached hydrogens (tertiary/aromatic N) is 3. The van der Waals surface area contributed by atoms with Crippen LogP contribution < -0.4 is 14.8 Å². The van der Waals surface area contributed by atoms with E-state index in [9.17, 15) is 4.79 Å². The van der Waals surface area contributed by atoms with Gasteiger partial charge in [0.2, 0.25) is 0 Å². The Morgan fingerprint density at radius 2 is 2.10 bits per heavy atom. The van der Waals surface area contributed by atoms with Gasteiger partial charge in [0.25, 0.3) is 5.91 Å². The second-order valence-electron chi connectivity index (χ2n) is 7.52. The Morgan fingerprint density at radius 1 is 1.31 bits per heavy atom. The Morgan fingerprint density at radius 3 is 2.83 bits per heavy atom. The molecule has 1 aromatic heterocycles. The summed E-state index contributed by atoms with van der Waals surface area (Å²) >= 11 is 0. The molecule has 2 aromatic rings. The highest BCUT2D eigenvalue weighted by Crippen LogP contribution is 2.24. The van der Waals surface area contributed by atoms with Crippen LogP contribution in [0.3, 0.4) is 0 Å². The molecular weight excluding hydrogens is 368 g/mol. The molecule has 1 fully saturated rings. The van der Waals surface area contributed by atoms with Crippen molar-refractivity contribution in [3.63, 3.8) is 0 Å². The summed E-state index contributed by atoms with van der Waals surface area (Å²) in [6, 6.07) is 7.62. The van der Waals surface area contributed by atoms with Crippen molar-refractivity contribution < 1.29 is 14.3 Å². The van der Waals surface area contributed by atoms with Crippen LogP contribution in [0.2, 0.25) is 0 Å². The van der Waals surface area contributed by atoms with Gasteiger partial charge in [0.05, 0.1) is 18.3 Å². The number of amides is 1. The van der Waals surface area contributed by atoms with E-state index in [-0.39, 0.29) is 11.9 Å². The van der Waals surface area contributed by atoms with Crippen LogP contribution >= 0.6 is 0 Å². The van der Waals surface area contributed by atoms with Crippen molar-refractivity contribution in [3.8, 4) is 11.5 Å². The summed E-state index contributed by atoms with van der Waals surface area (Å²) in [5.74, 6) is 2.31. The van der Waals surface area contributed by atoms with Gasteiger partial charge in [-0.25, -0.2) is 9.97 Å². The summed E-state index contributed by atoms with van der Waals surface area (Å²) in [5, 5.41) is 3.44. The van der Waals surface area contributed by atoms with Crippen LogP contribution in [0.5, 0.6) is 11.5 Å². The van der Waals surface area contributed by atoms with E-state index in [0.29, 0.717) is 25.4 Å². The average Bonchev–Trinajstić information content (AvgIpc) is 3.29. The molecule has 2 aliphatic heterocycles. The topological polar surface area (TPSA) is 76.6 Å². The van der Waals surface area contributed by atoms with E-state index in [2.05, 4.69) is 10.3 Å². The molecule has 2 aliphatic rings. The van der Waals surface area contributed by atoms with Gasteiger partial charge in [-0.05, 0) is 57.5 Å². The zero-order chi connectivity index (χ0) is 20.2. The van der Waals surface area contributed by atoms with E-state index in [1.54, 1.807) is 6.92 Å². The smallest absolute Gasteiger partial charge is 0.263 e. The predicted octanol–water partition coefficient (Wildman–Crippen LogP) is 2.65. The number of fused-ring (bicyclic) bond motifs is 1. The summed E-state index contributed by atoms with van der Waals surface area (Å²) in [5.41, 5.74) is 2.09. The molecule has 1 N–H and O–H groups in total. The van der Waals surface area contributed by atoms with Crippen LogP contribution in [0, 0.1) is 0 Å². The minimum absolute atomic E-state index is 0.0222. The average molecular weight is 396 g/mol. The first kappa shape index (κ1) is 19.6. The molecule has 1 amide bonds. The van der Waals surface area contributed by atoms with Gasteiger partial charge in [-0.2, -0.15) is 0 Å². The first-order chi connectivity index (χ1) is 14.1. The van der Waals surface area contributed by atoms with E-state index in [4.69, 9.17) is 14.5 Å². The van der Waals surface area contributed by atoms with Crippen molar-refractivity contribution in [1.29, 1.82) is 0 Å². The van der Waals surface area contributed by atoms with Crippen LogP contribution in [0.1, 0.15) is 49.8 Å². The summed E-state index contributed by atoms with van der Waals surface area (Å²) in [7, 11) is 0. The van der Waals surface area contributed by atoms with Crippen LogP contribution in [0.25, 0.3) is 0 Å². The lowest BCUT2D eigenvalue weighted by molar-refractivity contribution is -0.138. The Bertz CT molecular complexity index is 850. The Labute approximate surface area is 171 Å². The molecule has 0 unspecified atom stereocenters. The third-order valence-corrected chi connectivity index (χ3v) is 5.43. The van der Waals surface area contributed by atoms with Crippen molar-refractivity contribution in [2.24, 2.45) is 0 Å². The summed E-state index contributed by atoms with van der Waals surface area (Å²) < 4.78 is 11.3. The molecule has 0 spiro atoms. The van der Waals surface area contributed by atoms with E-state index in [0.717, 1.165) is 42.2 Å². The van der Waals surface area contributed by atoms with E-state index in [1.807, 2.05) is 42.3 Å². The highest BCUT2D eigenvalue weighted by Gasteiger charge is 2.28. The molecular formula is C22H28N4O3. The molecule has 0 radical (unpaired) electrons. The lowest BCUT2D eigenvalue weighted by Gasteiger charge is -2.30. The maximum Gasteiger partial charge on any atom is 0.263 e. The van der Waals surface area contributed by atoms with Crippen molar-refractivity contribution in [2.45, 2.75) is 51.8 Å². The lowest BCUT2D eigenvalue weighted by atomic mass is 10.1. The summed E-state index contributed by atoms with van der Waals surface area (Å²) in [6.07, 6.45) is 4.33. The molecule has 29 heavy (non-hydrogen) atoms. The number of nitrogens with one attached hydrogen (secondary N) is 1. The van der Waals surface area contributed by atoms with Gasteiger partial charge in [-0.15, -0.1) is 0 Å². The van der Waals surface area contributed by atoms with Gasteiger partial charge >= 0.3 is 0 Å². The predicted molar refractivity (Wildman–Crippen MR) is 109 cm³/mol. The molecule has 3 heterocycles. The molecule has 0 aliphatic carbocycles. The van der Waals surface area contributed by atoms with Crippen molar-refractivity contribution in [2.75, 3.05) is 19.7 Å². The first-order valence-electron chi connectivity index (χ1n) is 10.4. The normalized spacial score (nSPS) is 19.5. The first-order valence-corrected chi connectivity index (χ1v) is 10.4. The summed E-state index contributed by atoms with van der Waals surface area (Å²) in [4.78, 5) is 24.0. The van der Waals surface area contributed by atoms with Crippen molar-refractivity contribution in [3.05, 3.63) is 47.5 Å². The van der Waals surface area contributed by atoms with Gasteiger partial charge in [-0.3, -0.25) is 4.79 Å². The summed E-state index contributed by atoms with van der Waals surface area (Å²) in [6.45, 7) is 6.56. The SMILES string of the molecule is CCOc1ccc(O[C@@H](C)C(=O)N2CCc3nc([C@H]4CCCN4)ncc3C2)cc1. The molecule has 4 rings (SSSR count). The number of benzene rings is 1. The maximum absolute atomic E-state index is 12.9. The molecule has 154 valence electrons. The van der Waals surface area contributed by atoms with Gasteiger partial charge in [0.1, 0.15) is 17.3 Å². The maximum atomic E-state index is 12.9. The largest absolute Gasteiger partial charge is 0.494 e. The van der Waals surface area contributed by atoms with Gasteiger partial charge in [0.15, 0.2) is 6.10 Å². The Balaban J connectivity index is 1.37. The zero-order valence-corrected chi connectivity index (χ0v) is 17.1. The number of ether oxygens (including phenoxy) is 2. The van der Waals surface area contributed by atoms with Gasteiger partial charge < -0.3 is 19.7 Å². The Hall–Kier alpha value is -2.67. The monoisotopic (exact) mass is 396 g/mol. The van der Waals surface area contributed by atoms with E-state index >= 15 is 0 Å². The second-order valence-corrected chi connectivity index (χ2v) is 7.52. The zero-order valence-electron chi connectivity index (χ0n) is 17.1. The highest BCUT2D eigenvalue weighted by atomic mass is 16.5. The minimum Gasteiger partial charge on any atom is -0.494 e. The van der Waals surface area contributed by atoms with Crippen molar-refractivity contribution >= 4 is 5.91 Å². The fraction of sp³-hybridized carbons (Fsp3) is 0.500. The Kier molecular flexibility index (Phi) is 5.94. The fourth-order valence-corrected chi connectivity index (χ4v) is 3.89. The molecule has 1 saturated heterocycles. The number of aromatic nitrogens is 2. The number of hydrogen-bond acceptors (Lipinski definition) is 6. The second kappa shape index (κ2) is 8.78. The third kappa shape index (κ3) is 4.50. The molecule has 7 heteroatoms. The molecule has 1 aromatic carbocycles. The van der Waals surface area contributed by atoms with Crippen LogP contribution in [0.15, 0.2) is 30.5 Å². The number of carbonyl (C=O) groups is 1. The van der Waals surface area contributed by atoms with Crippen LogP contribution in [-0.2, 0) is 17.8 Å². The molecule has 7 nitrogen and oxygen atoms in total. The van der Waals surface area contributed by atoms with Gasteiger partial charge in [-0.1, -0.05) is 0 Å². The quantitative estimate of drug-likeness (QED) is 0.809. The third-order valence-electron chi connectivity index (χ3n) is 5.43. The standard InChI is InChI=1S/C22H28N4O3/c1-3-28-17-6-8-18(9-7-17)29-15(2)22(27)26-12-10-19-16(14-26)13-24-21(25-19)20-5-4-11-23-20/h6-9,13,15,20,23H,3-5,10-12,14H2,1-2H3/t15-,20+/m0/s1. The number of rotatable bonds is 6. The van der Waals surface area contributed by atoms with E-state index in [1.165, 1.54) is 6.42 Å². The number of carbonyl (C=O) groups excluding carboxylic acids is 1.